The molecule has 0 radical (unpaired) electrons. The molecule has 0 aromatic heterocycles. The second-order valence-electron chi connectivity index (χ2n) is 7.10. The van der Waals surface area contributed by atoms with Gasteiger partial charge in [-0.15, -0.1) is 0 Å². The lowest BCUT2D eigenvalue weighted by Crippen LogP contribution is -2.43. The van der Waals surface area contributed by atoms with E-state index in [0.29, 0.717) is 25.1 Å². The predicted molar refractivity (Wildman–Crippen MR) is 112 cm³/mol. The summed E-state index contributed by atoms with van der Waals surface area (Å²) in [5.74, 6) is -1.35. The summed E-state index contributed by atoms with van der Waals surface area (Å²) in [5, 5.41) is 16.7. The smallest absolute Gasteiger partial charge is 0.292 e. The van der Waals surface area contributed by atoms with Crippen LogP contribution in [0.2, 0.25) is 0 Å². The Kier molecular flexibility index (Phi) is 7.18. The zero-order valence-electron chi connectivity index (χ0n) is 16.7. The second kappa shape index (κ2) is 9.84. The topological polar surface area (TPSA) is 122 Å². The lowest BCUT2D eigenvalue weighted by molar-refractivity contribution is -0.384. The van der Waals surface area contributed by atoms with Crippen molar-refractivity contribution in [2.45, 2.75) is 17.7 Å². The third-order valence-electron chi connectivity index (χ3n) is 5.12. The number of anilines is 1. The van der Waals surface area contributed by atoms with Crippen molar-refractivity contribution in [3.63, 3.8) is 0 Å². The van der Waals surface area contributed by atoms with Crippen molar-refractivity contribution in [2.75, 3.05) is 31.5 Å². The number of nitrogens with one attached hydrogen (secondary N) is 2. The molecule has 1 heterocycles. The number of nitrogens with zero attached hydrogens (tertiary/aromatic N) is 2. The standard InChI is InChI=1S/C20H23FN4O5S/c21-16-5-1-4-8-19(16)31(29,30)24-13-9-15(10-14-24)20(26)23-12-11-22-17-6-2-3-7-18(17)25(27)28/h1-8,15,22H,9-14H2,(H,23,26). The Bertz CT molecular complexity index is 1060. The monoisotopic (exact) mass is 450 g/mol. The third kappa shape index (κ3) is 5.36. The summed E-state index contributed by atoms with van der Waals surface area (Å²) in [5.41, 5.74) is 0.325. The zero-order chi connectivity index (χ0) is 22.4. The number of carbonyl (C=O) groups is 1. The van der Waals surface area contributed by atoms with Gasteiger partial charge in [-0.3, -0.25) is 14.9 Å². The van der Waals surface area contributed by atoms with Crippen LogP contribution in [-0.2, 0) is 14.8 Å². The van der Waals surface area contributed by atoms with Gasteiger partial charge in [-0.2, -0.15) is 4.31 Å². The number of piperidine rings is 1. The Balaban J connectivity index is 1.47. The van der Waals surface area contributed by atoms with Crippen LogP contribution in [-0.4, -0.2) is 49.7 Å². The van der Waals surface area contributed by atoms with E-state index in [0.717, 1.165) is 6.07 Å². The third-order valence-corrected chi connectivity index (χ3v) is 7.05. The molecule has 3 rings (SSSR count). The quantitative estimate of drug-likeness (QED) is 0.362. The fourth-order valence-electron chi connectivity index (χ4n) is 3.46. The van der Waals surface area contributed by atoms with E-state index in [9.17, 15) is 27.7 Å². The molecule has 11 heteroatoms. The van der Waals surface area contributed by atoms with Gasteiger partial charge in [-0.05, 0) is 31.0 Å². The fourth-order valence-corrected chi connectivity index (χ4v) is 5.00. The number of amides is 1. The Morgan fingerprint density at radius 3 is 2.42 bits per heavy atom. The van der Waals surface area contributed by atoms with Crippen LogP contribution in [0.1, 0.15) is 12.8 Å². The van der Waals surface area contributed by atoms with E-state index in [-0.39, 0.29) is 42.0 Å². The molecule has 166 valence electrons. The summed E-state index contributed by atoms with van der Waals surface area (Å²) in [6.07, 6.45) is 0.661. The molecule has 2 N–H and O–H groups in total. The summed E-state index contributed by atoms with van der Waals surface area (Å²) >= 11 is 0. The number of benzene rings is 2. The number of nitro groups is 1. The van der Waals surface area contributed by atoms with E-state index < -0.39 is 20.8 Å². The van der Waals surface area contributed by atoms with Crippen LogP contribution < -0.4 is 10.6 Å². The maximum Gasteiger partial charge on any atom is 0.292 e. The first-order valence-corrected chi connectivity index (χ1v) is 11.2. The number of carbonyl (C=O) groups excluding carboxylic acids is 1. The molecular formula is C20H23FN4O5S. The van der Waals surface area contributed by atoms with Crippen LogP contribution in [0.15, 0.2) is 53.4 Å². The molecule has 0 saturated carbocycles. The molecule has 2 aromatic carbocycles. The van der Waals surface area contributed by atoms with E-state index in [1.165, 1.54) is 28.6 Å². The maximum absolute atomic E-state index is 13.9. The molecule has 0 spiro atoms. The van der Waals surface area contributed by atoms with Crippen molar-refractivity contribution in [3.05, 3.63) is 64.5 Å². The SMILES string of the molecule is O=C(NCCNc1ccccc1[N+](=O)[O-])C1CCN(S(=O)(=O)c2ccccc2F)CC1. The van der Waals surface area contributed by atoms with Gasteiger partial charge in [-0.1, -0.05) is 24.3 Å². The molecular weight excluding hydrogens is 427 g/mol. The Morgan fingerprint density at radius 2 is 1.74 bits per heavy atom. The number of halogens is 1. The summed E-state index contributed by atoms with van der Waals surface area (Å²) in [6, 6.07) is 11.5. The van der Waals surface area contributed by atoms with Gasteiger partial charge in [0.15, 0.2) is 0 Å². The first-order chi connectivity index (χ1) is 14.8. The first-order valence-electron chi connectivity index (χ1n) is 9.80. The summed E-state index contributed by atoms with van der Waals surface area (Å²) < 4.78 is 40.4. The molecule has 2 aromatic rings. The highest BCUT2D eigenvalue weighted by Crippen LogP contribution is 2.25. The average Bonchev–Trinajstić information content (AvgIpc) is 2.77. The zero-order valence-corrected chi connectivity index (χ0v) is 17.5. The Morgan fingerprint density at radius 1 is 1.10 bits per heavy atom. The molecule has 0 atom stereocenters. The minimum atomic E-state index is -3.94. The predicted octanol–water partition coefficient (Wildman–Crippen LogP) is 2.36. The van der Waals surface area contributed by atoms with Crippen molar-refractivity contribution in [1.82, 2.24) is 9.62 Å². The van der Waals surface area contributed by atoms with Crippen LogP contribution in [0, 0.1) is 21.8 Å². The van der Waals surface area contributed by atoms with Gasteiger partial charge < -0.3 is 10.6 Å². The number of rotatable bonds is 8. The number of hydrogen-bond acceptors (Lipinski definition) is 6. The second-order valence-corrected chi connectivity index (χ2v) is 9.01. The molecule has 1 aliphatic rings. The summed E-state index contributed by atoms with van der Waals surface area (Å²) in [4.78, 5) is 22.5. The minimum Gasteiger partial charge on any atom is -0.378 e. The largest absolute Gasteiger partial charge is 0.378 e. The van der Waals surface area contributed by atoms with Gasteiger partial charge in [0.1, 0.15) is 16.4 Å². The van der Waals surface area contributed by atoms with Gasteiger partial charge in [0.25, 0.3) is 5.69 Å². The fraction of sp³-hybridized carbons (Fsp3) is 0.350. The molecule has 31 heavy (non-hydrogen) atoms. The van der Waals surface area contributed by atoms with Gasteiger partial charge >= 0.3 is 0 Å². The van der Waals surface area contributed by atoms with E-state index in [1.807, 2.05) is 0 Å². The molecule has 1 saturated heterocycles. The molecule has 1 fully saturated rings. The normalized spacial score (nSPS) is 15.4. The van der Waals surface area contributed by atoms with Crippen molar-refractivity contribution in [3.8, 4) is 0 Å². The lowest BCUT2D eigenvalue weighted by atomic mass is 9.97. The number of nitro benzene ring substituents is 1. The lowest BCUT2D eigenvalue weighted by Gasteiger charge is -2.30. The number of hydrogen-bond donors (Lipinski definition) is 2. The van der Waals surface area contributed by atoms with Gasteiger partial charge in [0.05, 0.1) is 4.92 Å². The van der Waals surface area contributed by atoms with E-state index in [2.05, 4.69) is 10.6 Å². The molecule has 1 aliphatic heterocycles. The van der Waals surface area contributed by atoms with Gasteiger partial charge in [-0.25, -0.2) is 12.8 Å². The Hall–Kier alpha value is -3.05. The van der Waals surface area contributed by atoms with Crippen LogP contribution in [0.3, 0.4) is 0 Å². The summed E-state index contributed by atoms with van der Waals surface area (Å²) in [7, 11) is -3.94. The maximum atomic E-state index is 13.9. The van der Waals surface area contributed by atoms with Crippen molar-refractivity contribution in [1.29, 1.82) is 0 Å². The molecule has 0 unspecified atom stereocenters. The highest BCUT2D eigenvalue weighted by molar-refractivity contribution is 7.89. The van der Waals surface area contributed by atoms with E-state index in [1.54, 1.807) is 18.2 Å². The number of sulfonamides is 1. The minimum absolute atomic E-state index is 0.0442. The Labute approximate surface area is 179 Å². The molecule has 1 amide bonds. The van der Waals surface area contributed by atoms with Crippen LogP contribution in [0.5, 0.6) is 0 Å². The molecule has 0 bridgehead atoms. The van der Waals surface area contributed by atoms with Gasteiger partial charge in [0.2, 0.25) is 15.9 Å². The summed E-state index contributed by atoms with van der Waals surface area (Å²) in [6.45, 7) is 0.822. The van der Waals surface area contributed by atoms with Crippen LogP contribution in [0.4, 0.5) is 15.8 Å². The molecule has 0 aliphatic carbocycles. The van der Waals surface area contributed by atoms with Crippen LogP contribution in [0.25, 0.3) is 0 Å². The average molecular weight is 450 g/mol. The highest BCUT2D eigenvalue weighted by atomic mass is 32.2. The van der Waals surface area contributed by atoms with E-state index in [4.69, 9.17) is 0 Å². The van der Waals surface area contributed by atoms with Crippen molar-refractivity contribution in [2.24, 2.45) is 5.92 Å². The van der Waals surface area contributed by atoms with Crippen LogP contribution >= 0.6 is 0 Å². The highest BCUT2D eigenvalue weighted by Gasteiger charge is 2.33. The number of para-hydroxylation sites is 2. The van der Waals surface area contributed by atoms with E-state index >= 15 is 0 Å². The van der Waals surface area contributed by atoms with Crippen molar-refractivity contribution >= 4 is 27.3 Å². The van der Waals surface area contributed by atoms with Crippen molar-refractivity contribution < 1.29 is 22.5 Å². The first kappa shape index (κ1) is 22.6. The molecule has 9 nitrogen and oxygen atoms in total. The van der Waals surface area contributed by atoms with Gasteiger partial charge in [0, 0.05) is 38.2 Å².